The zero-order valence-corrected chi connectivity index (χ0v) is 12.4. The van der Waals surface area contributed by atoms with Crippen LogP contribution in [0, 0.1) is 5.92 Å². The van der Waals surface area contributed by atoms with Crippen molar-refractivity contribution < 1.29 is 9.59 Å². The zero-order valence-electron chi connectivity index (χ0n) is 12.4. The molecular weight excluding hydrogens is 264 g/mol. The average Bonchev–Trinajstić information content (AvgIpc) is 2.52. The Morgan fingerprint density at radius 1 is 1.29 bits per heavy atom. The number of nitrogens with one attached hydrogen (secondary N) is 2. The van der Waals surface area contributed by atoms with Crippen LogP contribution in [0.5, 0.6) is 0 Å². The molecule has 1 aromatic carbocycles. The second-order valence-corrected chi connectivity index (χ2v) is 5.26. The topological polar surface area (TPSA) is 58.2 Å². The fourth-order valence-corrected chi connectivity index (χ4v) is 2.36. The number of hydrogen-bond acceptors (Lipinski definition) is 2. The Labute approximate surface area is 125 Å². The number of allylic oxidation sites excluding steroid dienone is 1. The molecule has 1 atom stereocenters. The molecule has 0 aromatic heterocycles. The minimum atomic E-state index is -0.612. The van der Waals surface area contributed by atoms with Crippen molar-refractivity contribution in [2.45, 2.75) is 32.6 Å². The van der Waals surface area contributed by atoms with Gasteiger partial charge in [-0.05, 0) is 18.4 Å². The first-order valence-corrected chi connectivity index (χ1v) is 7.56. The number of carbonyl (C=O) groups is 2. The van der Waals surface area contributed by atoms with Crippen LogP contribution in [-0.2, 0) is 9.59 Å². The molecule has 1 aromatic rings. The normalized spacial score (nSPS) is 17.9. The lowest BCUT2D eigenvalue weighted by atomic mass is 9.97. The molecule has 1 aliphatic rings. The van der Waals surface area contributed by atoms with Crippen LogP contribution in [0.2, 0.25) is 0 Å². The molecule has 0 spiro atoms. The van der Waals surface area contributed by atoms with E-state index in [9.17, 15) is 9.59 Å². The van der Waals surface area contributed by atoms with E-state index in [1.54, 1.807) is 0 Å². The quantitative estimate of drug-likeness (QED) is 0.623. The van der Waals surface area contributed by atoms with Gasteiger partial charge in [0, 0.05) is 12.2 Å². The monoisotopic (exact) mass is 286 g/mol. The third-order valence-electron chi connectivity index (χ3n) is 3.61. The Bertz CT molecular complexity index is 523. The van der Waals surface area contributed by atoms with E-state index in [4.69, 9.17) is 0 Å². The number of rotatable bonds is 6. The Kier molecular flexibility index (Phi) is 5.55. The number of benzene rings is 1. The van der Waals surface area contributed by atoms with Crippen molar-refractivity contribution in [3.8, 4) is 0 Å². The summed E-state index contributed by atoms with van der Waals surface area (Å²) in [6.07, 6.45) is 5.54. The van der Waals surface area contributed by atoms with Crippen molar-refractivity contribution in [1.29, 1.82) is 0 Å². The number of carbonyl (C=O) groups excluding carboxylic acids is 2. The van der Waals surface area contributed by atoms with Crippen LogP contribution < -0.4 is 10.6 Å². The Balaban J connectivity index is 1.92. The molecule has 0 saturated carbocycles. The molecule has 1 unspecified atom stereocenters. The Morgan fingerprint density at radius 3 is 2.71 bits per heavy atom. The summed E-state index contributed by atoms with van der Waals surface area (Å²) < 4.78 is 0. The minimum Gasteiger partial charge on any atom is -0.355 e. The van der Waals surface area contributed by atoms with Gasteiger partial charge in [-0.25, -0.2) is 0 Å². The smallest absolute Gasteiger partial charge is 0.237 e. The maximum Gasteiger partial charge on any atom is 0.237 e. The SMILES string of the molecule is CCCCCNC(=O)C1CC=C(c2ccccc2)NC1=O. The molecule has 4 heteroatoms. The van der Waals surface area contributed by atoms with Gasteiger partial charge < -0.3 is 10.6 Å². The average molecular weight is 286 g/mol. The van der Waals surface area contributed by atoms with Crippen molar-refractivity contribution in [1.82, 2.24) is 10.6 Å². The highest BCUT2D eigenvalue weighted by Gasteiger charge is 2.29. The van der Waals surface area contributed by atoms with Gasteiger partial charge in [-0.3, -0.25) is 9.59 Å². The summed E-state index contributed by atoms with van der Waals surface area (Å²) in [4.78, 5) is 24.1. The molecule has 4 nitrogen and oxygen atoms in total. The highest BCUT2D eigenvalue weighted by atomic mass is 16.2. The van der Waals surface area contributed by atoms with E-state index in [1.165, 1.54) is 0 Å². The van der Waals surface area contributed by atoms with Gasteiger partial charge in [0.15, 0.2) is 0 Å². The van der Waals surface area contributed by atoms with Crippen molar-refractivity contribution in [3.63, 3.8) is 0 Å². The third kappa shape index (κ3) is 4.18. The molecule has 2 amide bonds. The lowest BCUT2D eigenvalue weighted by molar-refractivity contribution is -0.134. The van der Waals surface area contributed by atoms with Gasteiger partial charge >= 0.3 is 0 Å². The second kappa shape index (κ2) is 7.62. The minimum absolute atomic E-state index is 0.174. The van der Waals surface area contributed by atoms with Gasteiger partial charge in [-0.1, -0.05) is 56.2 Å². The first-order chi connectivity index (χ1) is 10.2. The summed E-state index contributed by atoms with van der Waals surface area (Å²) in [5.74, 6) is -1.00. The molecule has 112 valence electrons. The summed E-state index contributed by atoms with van der Waals surface area (Å²) in [7, 11) is 0. The number of amides is 2. The van der Waals surface area contributed by atoms with Crippen LogP contribution in [0.25, 0.3) is 5.70 Å². The van der Waals surface area contributed by atoms with Gasteiger partial charge in [0.2, 0.25) is 11.8 Å². The summed E-state index contributed by atoms with van der Waals surface area (Å²) >= 11 is 0. The van der Waals surface area contributed by atoms with Crippen LogP contribution in [0.4, 0.5) is 0 Å². The maximum atomic E-state index is 12.1. The lowest BCUT2D eigenvalue weighted by Crippen LogP contribution is -2.43. The lowest BCUT2D eigenvalue weighted by Gasteiger charge is -2.22. The molecule has 0 bridgehead atoms. The van der Waals surface area contributed by atoms with Crippen LogP contribution in [0.3, 0.4) is 0 Å². The first kappa shape index (κ1) is 15.3. The molecule has 0 fully saturated rings. The van der Waals surface area contributed by atoms with Gasteiger partial charge in [0.1, 0.15) is 5.92 Å². The fraction of sp³-hybridized carbons (Fsp3) is 0.412. The van der Waals surface area contributed by atoms with E-state index in [0.717, 1.165) is 30.5 Å². The van der Waals surface area contributed by atoms with E-state index in [2.05, 4.69) is 17.6 Å². The van der Waals surface area contributed by atoms with Crippen molar-refractivity contribution in [2.75, 3.05) is 6.54 Å². The largest absolute Gasteiger partial charge is 0.355 e. The molecule has 0 radical (unpaired) electrons. The van der Waals surface area contributed by atoms with Crippen LogP contribution in [0.15, 0.2) is 36.4 Å². The summed E-state index contributed by atoms with van der Waals surface area (Å²) in [5.41, 5.74) is 1.75. The van der Waals surface area contributed by atoms with Crippen LogP contribution in [-0.4, -0.2) is 18.4 Å². The zero-order chi connectivity index (χ0) is 15.1. The van der Waals surface area contributed by atoms with Gasteiger partial charge in [0.25, 0.3) is 0 Å². The van der Waals surface area contributed by atoms with E-state index in [1.807, 2.05) is 36.4 Å². The van der Waals surface area contributed by atoms with Crippen molar-refractivity contribution >= 4 is 17.5 Å². The predicted octanol–water partition coefficient (Wildman–Crippen LogP) is 2.47. The molecule has 1 heterocycles. The predicted molar refractivity (Wildman–Crippen MR) is 83.2 cm³/mol. The first-order valence-electron chi connectivity index (χ1n) is 7.56. The van der Waals surface area contributed by atoms with Crippen molar-refractivity contribution in [3.05, 3.63) is 42.0 Å². The third-order valence-corrected chi connectivity index (χ3v) is 3.61. The molecule has 1 aliphatic heterocycles. The van der Waals surface area contributed by atoms with Gasteiger partial charge in [0.05, 0.1) is 0 Å². The highest BCUT2D eigenvalue weighted by Crippen LogP contribution is 2.20. The van der Waals surface area contributed by atoms with E-state index in [0.29, 0.717) is 13.0 Å². The van der Waals surface area contributed by atoms with Crippen LogP contribution in [0.1, 0.15) is 38.2 Å². The molecule has 21 heavy (non-hydrogen) atoms. The van der Waals surface area contributed by atoms with Gasteiger partial charge in [-0.2, -0.15) is 0 Å². The highest BCUT2D eigenvalue weighted by molar-refractivity contribution is 6.04. The Hall–Kier alpha value is -2.10. The molecule has 0 aliphatic carbocycles. The van der Waals surface area contributed by atoms with Gasteiger partial charge in [-0.15, -0.1) is 0 Å². The van der Waals surface area contributed by atoms with E-state index < -0.39 is 5.92 Å². The molecule has 2 N–H and O–H groups in total. The van der Waals surface area contributed by atoms with E-state index >= 15 is 0 Å². The van der Waals surface area contributed by atoms with E-state index in [-0.39, 0.29) is 11.8 Å². The Morgan fingerprint density at radius 2 is 2.05 bits per heavy atom. The summed E-state index contributed by atoms with van der Waals surface area (Å²) in [5, 5.41) is 5.67. The number of hydrogen-bond donors (Lipinski definition) is 2. The number of unbranched alkanes of at least 4 members (excludes halogenated alkanes) is 2. The standard InChI is InChI=1S/C17H22N2O2/c1-2-3-7-12-18-16(20)14-10-11-15(19-17(14)21)13-8-5-4-6-9-13/h4-6,8-9,11,14H,2-3,7,10,12H2,1H3,(H,18,20)(H,19,21). The molecule has 2 rings (SSSR count). The summed E-state index contributed by atoms with van der Waals surface area (Å²) in [6.45, 7) is 2.76. The molecule has 0 saturated heterocycles. The second-order valence-electron chi connectivity index (χ2n) is 5.26. The fourth-order valence-electron chi connectivity index (χ4n) is 2.36. The van der Waals surface area contributed by atoms with Crippen molar-refractivity contribution in [2.24, 2.45) is 5.92 Å². The molecular formula is C17H22N2O2. The maximum absolute atomic E-state index is 12.1. The van der Waals surface area contributed by atoms with Crippen LogP contribution >= 0.6 is 0 Å². The summed E-state index contributed by atoms with van der Waals surface area (Å²) in [6, 6.07) is 9.67.